The molecule has 0 spiro atoms. The SMILES string of the molecule is N#Cc1cccc(Cl)c1CC(=O)CBr. The maximum atomic E-state index is 11.2. The lowest BCUT2D eigenvalue weighted by Crippen LogP contribution is -2.05. The summed E-state index contributed by atoms with van der Waals surface area (Å²) in [5, 5.41) is 9.55. The molecule has 1 aromatic carbocycles. The minimum absolute atomic E-state index is 0.00889. The monoisotopic (exact) mass is 271 g/mol. The number of Topliss-reactive ketones (excluding diaryl/α,β-unsaturated/α-hetero) is 1. The second-order valence-electron chi connectivity index (χ2n) is 2.73. The van der Waals surface area contributed by atoms with E-state index in [1.54, 1.807) is 18.2 Å². The van der Waals surface area contributed by atoms with Crippen molar-refractivity contribution in [2.75, 3.05) is 5.33 Å². The van der Waals surface area contributed by atoms with E-state index in [4.69, 9.17) is 16.9 Å². The number of carbonyl (C=O) groups is 1. The third kappa shape index (κ3) is 2.57. The van der Waals surface area contributed by atoms with Gasteiger partial charge in [-0.25, -0.2) is 0 Å². The average Bonchev–Trinajstić information content (AvgIpc) is 2.20. The molecule has 0 atom stereocenters. The van der Waals surface area contributed by atoms with Crippen LogP contribution in [0.4, 0.5) is 0 Å². The molecule has 0 aliphatic rings. The van der Waals surface area contributed by atoms with Crippen LogP contribution in [0.2, 0.25) is 5.02 Å². The van der Waals surface area contributed by atoms with Gasteiger partial charge in [-0.3, -0.25) is 4.79 Å². The Balaban J connectivity index is 3.06. The second-order valence-corrected chi connectivity index (χ2v) is 3.69. The van der Waals surface area contributed by atoms with Crippen molar-refractivity contribution >= 4 is 33.3 Å². The summed E-state index contributed by atoms with van der Waals surface area (Å²) >= 11 is 8.96. The number of hydrogen-bond acceptors (Lipinski definition) is 2. The molecule has 0 aliphatic heterocycles. The van der Waals surface area contributed by atoms with Crippen molar-refractivity contribution in [3.05, 3.63) is 34.3 Å². The van der Waals surface area contributed by atoms with Crippen LogP contribution < -0.4 is 0 Å². The smallest absolute Gasteiger partial charge is 0.147 e. The molecule has 1 rings (SSSR count). The van der Waals surface area contributed by atoms with Crippen LogP contribution >= 0.6 is 27.5 Å². The highest BCUT2D eigenvalue weighted by molar-refractivity contribution is 9.09. The topological polar surface area (TPSA) is 40.9 Å². The molecule has 0 saturated carbocycles. The van der Waals surface area contributed by atoms with Crippen LogP contribution in [0.1, 0.15) is 11.1 Å². The van der Waals surface area contributed by atoms with Gasteiger partial charge in [0.2, 0.25) is 0 Å². The Morgan fingerprint density at radius 2 is 2.29 bits per heavy atom. The summed E-state index contributed by atoms with van der Waals surface area (Å²) in [5.41, 5.74) is 1.08. The molecule has 0 aliphatic carbocycles. The fourth-order valence-electron chi connectivity index (χ4n) is 1.09. The Bertz CT molecular complexity index is 398. The van der Waals surface area contributed by atoms with Gasteiger partial charge in [-0.05, 0) is 17.7 Å². The van der Waals surface area contributed by atoms with Crippen LogP contribution in [0.15, 0.2) is 18.2 Å². The zero-order valence-corrected chi connectivity index (χ0v) is 9.60. The summed E-state index contributed by atoms with van der Waals surface area (Å²) < 4.78 is 0. The van der Waals surface area contributed by atoms with Gasteiger partial charge in [0.25, 0.3) is 0 Å². The van der Waals surface area contributed by atoms with Crippen molar-refractivity contribution in [1.29, 1.82) is 5.26 Å². The molecule has 0 heterocycles. The number of nitrogens with zero attached hydrogens (tertiary/aromatic N) is 1. The molecular weight excluding hydrogens is 265 g/mol. The summed E-state index contributed by atoms with van der Waals surface area (Å²) in [6.07, 6.45) is 0.202. The van der Waals surface area contributed by atoms with Crippen LogP contribution in [-0.2, 0) is 11.2 Å². The predicted molar refractivity (Wildman–Crippen MR) is 58.7 cm³/mol. The third-order valence-electron chi connectivity index (χ3n) is 1.76. The summed E-state index contributed by atoms with van der Waals surface area (Å²) in [4.78, 5) is 11.2. The molecule has 0 radical (unpaired) electrons. The molecule has 0 unspecified atom stereocenters. The molecule has 0 saturated heterocycles. The number of alkyl halides is 1. The maximum Gasteiger partial charge on any atom is 0.147 e. The maximum absolute atomic E-state index is 11.2. The van der Waals surface area contributed by atoms with Gasteiger partial charge in [-0.1, -0.05) is 33.6 Å². The van der Waals surface area contributed by atoms with Gasteiger partial charge >= 0.3 is 0 Å². The molecule has 0 bridgehead atoms. The zero-order valence-electron chi connectivity index (χ0n) is 7.26. The van der Waals surface area contributed by atoms with Crippen molar-refractivity contribution in [2.45, 2.75) is 6.42 Å². The first-order valence-corrected chi connectivity index (χ1v) is 5.44. The third-order valence-corrected chi connectivity index (χ3v) is 2.74. The summed E-state index contributed by atoms with van der Waals surface area (Å²) in [6.45, 7) is 0. The van der Waals surface area contributed by atoms with Crippen molar-refractivity contribution in [3.63, 3.8) is 0 Å². The first kappa shape index (κ1) is 11.2. The zero-order chi connectivity index (χ0) is 10.6. The van der Waals surface area contributed by atoms with E-state index in [0.717, 1.165) is 0 Å². The Morgan fingerprint density at radius 3 is 2.86 bits per heavy atom. The molecule has 0 aromatic heterocycles. The number of nitriles is 1. The first-order valence-electron chi connectivity index (χ1n) is 3.94. The predicted octanol–water partition coefficient (Wildman–Crippen LogP) is 2.72. The first-order chi connectivity index (χ1) is 6.69. The molecule has 0 amide bonds. The highest BCUT2D eigenvalue weighted by atomic mass is 79.9. The minimum Gasteiger partial charge on any atom is -0.298 e. The van der Waals surface area contributed by atoms with E-state index in [0.29, 0.717) is 16.1 Å². The molecular formula is C10H7BrClNO. The van der Waals surface area contributed by atoms with Crippen molar-refractivity contribution in [1.82, 2.24) is 0 Å². The lowest BCUT2D eigenvalue weighted by molar-refractivity contribution is -0.115. The van der Waals surface area contributed by atoms with Gasteiger partial charge in [0, 0.05) is 11.4 Å². The van der Waals surface area contributed by atoms with Gasteiger partial charge < -0.3 is 0 Å². The highest BCUT2D eigenvalue weighted by Gasteiger charge is 2.10. The molecule has 14 heavy (non-hydrogen) atoms. The molecule has 0 N–H and O–H groups in total. The Hall–Kier alpha value is -0.850. The number of ketones is 1. The van der Waals surface area contributed by atoms with Crippen LogP contribution in [0.5, 0.6) is 0 Å². The van der Waals surface area contributed by atoms with Crippen molar-refractivity contribution in [3.8, 4) is 6.07 Å². The second kappa shape index (κ2) is 5.14. The van der Waals surface area contributed by atoms with Gasteiger partial charge in [0.05, 0.1) is 17.0 Å². The van der Waals surface area contributed by atoms with E-state index in [9.17, 15) is 4.79 Å². The van der Waals surface area contributed by atoms with E-state index in [1.807, 2.05) is 6.07 Å². The number of rotatable bonds is 3. The largest absolute Gasteiger partial charge is 0.298 e. The molecule has 4 heteroatoms. The van der Waals surface area contributed by atoms with Gasteiger partial charge in [-0.15, -0.1) is 0 Å². The van der Waals surface area contributed by atoms with E-state index in [-0.39, 0.29) is 17.5 Å². The Morgan fingerprint density at radius 1 is 1.57 bits per heavy atom. The fourth-order valence-corrected chi connectivity index (χ4v) is 1.53. The number of halogens is 2. The lowest BCUT2D eigenvalue weighted by atomic mass is 10.0. The minimum atomic E-state index is 0.00889. The highest BCUT2D eigenvalue weighted by Crippen LogP contribution is 2.20. The van der Waals surface area contributed by atoms with Gasteiger partial charge in [0.1, 0.15) is 5.78 Å². The molecule has 1 aromatic rings. The van der Waals surface area contributed by atoms with E-state index < -0.39 is 0 Å². The lowest BCUT2D eigenvalue weighted by Gasteiger charge is -2.03. The van der Waals surface area contributed by atoms with Crippen LogP contribution in [0.3, 0.4) is 0 Å². The number of carbonyl (C=O) groups excluding carboxylic acids is 1. The number of hydrogen-bond donors (Lipinski definition) is 0. The van der Waals surface area contributed by atoms with E-state index >= 15 is 0 Å². The summed E-state index contributed by atoms with van der Waals surface area (Å²) in [7, 11) is 0. The van der Waals surface area contributed by atoms with Crippen LogP contribution in [-0.4, -0.2) is 11.1 Å². The van der Waals surface area contributed by atoms with Gasteiger partial charge in [0.15, 0.2) is 0 Å². The van der Waals surface area contributed by atoms with Crippen molar-refractivity contribution < 1.29 is 4.79 Å². The standard InChI is InChI=1S/C10H7BrClNO/c11-5-8(14)4-9-7(6-13)2-1-3-10(9)12/h1-3H,4-5H2. The molecule has 72 valence electrons. The summed E-state index contributed by atoms with van der Waals surface area (Å²) in [6, 6.07) is 7.05. The molecule has 0 fully saturated rings. The van der Waals surface area contributed by atoms with Crippen molar-refractivity contribution in [2.24, 2.45) is 0 Å². The van der Waals surface area contributed by atoms with Crippen LogP contribution in [0.25, 0.3) is 0 Å². The Kier molecular flexibility index (Phi) is 4.12. The fraction of sp³-hybridized carbons (Fsp3) is 0.200. The van der Waals surface area contributed by atoms with E-state index in [2.05, 4.69) is 15.9 Å². The van der Waals surface area contributed by atoms with Crippen LogP contribution in [0, 0.1) is 11.3 Å². The van der Waals surface area contributed by atoms with Gasteiger partial charge in [-0.2, -0.15) is 5.26 Å². The quantitative estimate of drug-likeness (QED) is 0.794. The molecule has 2 nitrogen and oxygen atoms in total. The Labute approximate surface area is 95.6 Å². The summed E-state index contributed by atoms with van der Waals surface area (Å²) in [5.74, 6) is 0.00889. The van der Waals surface area contributed by atoms with E-state index in [1.165, 1.54) is 0 Å². The number of benzene rings is 1. The normalized spacial score (nSPS) is 9.50. The average molecular weight is 273 g/mol.